The van der Waals surface area contributed by atoms with Crippen molar-refractivity contribution in [2.45, 2.75) is 13.3 Å². The fourth-order valence-corrected chi connectivity index (χ4v) is 2.65. The zero-order valence-electron chi connectivity index (χ0n) is 15.3. The van der Waals surface area contributed by atoms with Gasteiger partial charge in [-0.2, -0.15) is 5.10 Å². The first-order valence-corrected chi connectivity index (χ1v) is 9.16. The lowest BCUT2D eigenvalue weighted by Crippen LogP contribution is -2.13. The van der Waals surface area contributed by atoms with Gasteiger partial charge in [-0.3, -0.25) is 0 Å². The molecule has 0 aliphatic heterocycles. The number of benzene rings is 1. The highest BCUT2D eigenvalue weighted by atomic mass is 35.5. The predicted molar refractivity (Wildman–Crippen MR) is 108 cm³/mol. The van der Waals surface area contributed by atoms with Crippen LogP contribution in [0.4, 0.5) is 5.82 Å². The summed E-state index contributed by atoms with van der Waals surface area (Å²) in [6.07, 6.45) is 5.75. The molecule has 0 aliphatic rings. The minimum Gasteiger partial charge on any atom is -0.488 e. The van der Waals surface area contributed by atoms with Crippen molar-refractivity contribution in [2.75, 3.05) is 18.5 Å². The van der Waals surface area contributed by atoms with Crippen LogP contribution in [0, 0.1) is 10.1 Å². The van der Waals surface area contributed by atoms with Gasteiger partial charge in [0.2, 0.25) is 0 Å². The highest BCUT2D eigenvalue weighted by molar-refractivity contribution is 6.33. The standard InChI is InChI=1S/C17H17Cl2N5O.HNO3/c1-2-15-16(19)17(22-11-21-15)20-7-8-25-14-9-23-24(10-14)13-5-3-12(18)4-6-13;2-1(3)4/h3-6,9-11H,2,7-8H2,1H3,(H,20,21,22);(H,2,3,4). The Bertz CT molecular complexity index is 932. The number of halogens is 2. The smallest absolute Gasteiger partial charge is 0.291 e. The average molecular weight is 441 g/mol. The number of hydrogen-bond acceptors (Lipinski definition) is 7. The van der Waals surface area contributed by atoms with Gasteiger partial charge in [0.1, 0.15) is 23.8 Å². The molecular weight excluding hydrogens is 423 g/mol. The lowest BCUT2D eigenvalue weighted by atomic mass is 10.3. The van der Waals surface area contributed by atoms with Crippen LogP contribution in [-0.2, 0) is 6.42 Å². The average Bonchev–Trinajstić information content (AvgIpc) is 3.15. The molecule has 0 saturated carbocycles. The Balaban J connectivity index is 0.000000687. The molecule has 3 aromatic rings. The minimum atomic E-state index is -1.50. The number of ether oxygens (including phenoxy) is 1. The molecule has 154 valence electrons. The van der Waals surface area contributed by atoms with Crippen molar-refractivity contribution in [3.05, 3.63) is 68.8 Å². The number of nitrogens with one attached hydrogen (secondary N) is 1. The molecule has 0 spiro atoms. The Morgan fingerprint density at radius 2 is 1.97 bits per heavy atom. The number of rotatable bonds is 7. The molecule has 0 bridgehead atoms. The van der Waals surface area contributed by atoms with Crippen LogP contribution in [0.2, 0.25) is 10.0 Å². The summed E-state index contributed by atoms with van der Waals surface area (Å²) in [6, 6.07) is 7.42. The molecule has 29 heavy (non-hydrogen) atoms. The van der Waals surface area contributed by atoms with Gasteiger partial charge < -0.3 is 15.3 Å². The van der Waals surface area contributed by atoms with Gasteiger partial charge >= 0.3 is 0 Å². The Morgan fingerprint density at radius 1 is 1.28 bits per heavy atom. The molecule has 0 saturated heterocycles. The maximum absolute atomic E-state index is 8.36. The molecule has 0 aliphatic carbocycles. The summed E-state index contributed by atoms with van der Waals surface area (Å²) in [7, 11) is 0. The van der Waals surface area contributed by atoms with Crippen LogP contribution < -0.4 is 10.1 Å². The van der Waals surface area contributed by atoms with Gasteiger partial charge in [-0.15, -0.1) is 10.1 Å². The first kappa shape index (κ1) is 22.2. The molecule has 1 aromatic carbocycles. The zero-order chi connectivity index (χ0) is 21.2. The van der Waals surface area contributed by atoms with Gasteiger partial charge in [0.15, 0.2) is 5.75 Å². The van der Waals surface area contributed by atoms with E-state index in [1.165, 1.54) is 6.33 Å². The van der Waals surface area contributed by atoms with Crippen LogP contribution in [0.25, 0.3) is 5.69 Å². The van der Waals surface area contributed by atoms with Crippen LogP contribution in [-0.4, -0.2) is 43.2 Å². The Morgan fingerprint density at radius 3 is 2.62 bits per heavy atom. The van der Waals surface area contributed by atoms with E-state index in [1.54, 1.807) is 10.9 Å². The minimum absolute atomic E-state index is 0.452. The third-order valence-electron chi connectivity index (χ3n) is 3.51. The van der Waals surface area contributed by atoms with E-state index in [1.807, 2.05) is 37.4 Å². The lowest BCUT2D eigenvalue weighted by molar-refractivity contribution is -0.742. The van der Waals surface area contributed by atoms with Crippen molar-refractivity contribution in [1.29, 1.82) is 0 Å². The van der Waals surface area contributed by atoms with Crippen molar-refractivity contribution >= 4 is 29.0 Å². The van der Waals surface area contributed by atoms with Crippen molar-refractivity contribution in [2.24, 2.45) is 0 Å². The maximum Gasteiger partial charge on any atom is 0.291 e. The number of aryl methyl sites for hydroxylation is 1. The second-order valence-electron chi connectivity index (χ2n) is 5.45. The molecule has 2 aromatic heterocycles. The quantitative estimate of drug-likeness (QED) is 0.323. The highest BCUT2D eigenvalue weighted by Crippen LogP contribution is 2.22. The first-order valence-electron chi connectivity index (χ1n) is 8.40. The van der Waals surface area contributed by atoms with Crippen molar-refractivity contribution in [3.8, 4) is 11.4 Å². The molecule has 12 heteroatoms. The van der Waals surface area contributed by atoms with E-state index in [0.717, 1.165) is 17.8 Å². The first-order chi connectivity index (χ1) is 13.9. The third-order valence-corrected chi connectivity index (χ3v) is 4.16. The number of aromatic nitrogens is 4. The van der Waals surface area contributed by atoms with E-state index in [4.69, 9.17) is 43.3 Å². The Kier molecular flexibility index (Phi) is 8.44. The zero-order valence-corrected chi connectivity index (χ0v) is 16.8. The van der Waals surface area contributed by atoms with Gasteiger partial charge in [0.25, 0.3) is 5.09 Å². The summed E-state index contributed by atoms with van der Waals surface area (Å²) in [6.45, 7) is 3.01. The number of nitrogens with zero attached hydrogens (tertiary/aromatic N) is 5. The van der Waals surface area contributed by atoms with Crippen LogP contribution in [0.15, 0.2) is 43.0 Å². The van der Waals surface area contributed by atoms with E-state index in [9.17, 15) is 0 Å². The van der Waals surface area contributed by atoms with Crippen molar-refractivity contribution < 1.29 is 15.0 Å². The van der Waals surface area contributed by atoms with Gasteiger partial charge in [-0.05, 0) is 30.7 Å². The molecule has 2 heterocycles. The molecule has 3 rings (SSSR count). The number of hydrogen-bond donors (Lipinski definition) is 2. The van der Waals surface area contributed by atoms with Crippen molar-refractivity contribution in [3.63, 3.8) is 0 Å². The number of anilines is 1. The van der Waals surface area contributed by atoms with Crippen LogP contribution in [0.1, 0.15) is 12.6 Å². The largest absolute Gasteiger partial charge is 0.488 e. The van der Waals surface area contributed by atoms with E-state index >= 15 is 0 Å². The van der Waals surface area contributed by atoms with Gasteiger partial charge in [0.05, 0.1) is 30.3 Å². The molecule has 0 fully saturated rings. The summed E-state index contributed by atoms with van der Waals surface area (Å²) >= 11 is 12.1. The SMILES string of the molecule is CCc1ncnc(NCCOc2cnn(-c3ccc(Cl)cc3)c2)c1Cl.O=[N+]([O-])O. The van der Waals surface area contributed by atoms with E-state index in [0.29, 0.717) is 34.8 Å². The summed E-state index contributed by atoms with van der Waals surface area (Å²) in [5.74, 6) is 1.30. The fourth-order valence-electron chi connectivity index (χ4n) is 2.23. The molecule has 10 nitrogen and oxygen atoms in total. The Hall–Kier alpha value is -3.11. The lowest BCUT2D eigenvalue weighted by Gasteiger charge is -2.09. The van der Waals surface area contributed by atoms with Gasteiger partial charge in [0, 0.05) is 5.02 Å². The van der Waals surface area contributed by atoms with E-state index in [-0.39, 0.29) is 0 Å². The summed E-state index contributed by atoms with van der Waals surface area (Å²) < 4.78 is 7.42. The van der Waals surface area contributed by atoms with Crippen LogP contribution >= 0.6 is 23.2 Å². The summed E-state index contributed by atoms with van der Waals surface area (Å²) in [4.78, 5) is 16.6. The van der Waals surface area contributed by atoms with E-state index in [2.05, 4.69) is 20.4 Å². The maximum atomic E-state index is 8.36. The molecule has 0 unspecified atom stereocenters. The molecule has 0 radical (unpaired) electrons. The van der Waals surface area contributed by atoms with Crippen molar-refractivity contribution in [1.82, 2.24) is 19.7 Å². The predicted octanol–water partition coefficient (Wildman–Crippen LogP) is 3.67. The van der Waals surface area contributed by atoms with Gasteiger partial charge in [-0.1, -0.05) is 30.1 Å². The monoisotopic (exact) mass is 440 g/mol. The second-order valence-corrected chi connectivity index (χ2v) is 6.26. The summed E-state index contributed by atoms with van der Waals surface area (Å²) in [5.41, 5.74) is 1.74. The molecular formula is C17H18Cl2N6O4. The van der Waals surface area contributed by atoms with Gasteiger partial charge in [-0.25, -0.2) is 14.6 Å². The van der Waals surface area contributed by atoms with E-state index < -0.39 is 5.09 Å². The topological polar surface area (TPSA) is 128 Å². The molecule has 0 amide bonds. The summed E-state index contributed by atoms with van der Waals surface area (Å²) in [5, 5.41) is 22.3. The highest BCUT2D eigenvalue weighted by Gasteiger charge is 2.07. The van der Waals surface area contributed by atoms with Crippen LogP contribution in [0.3, 0.4) is 0 Å². The second kappa shape index (κ2) is 11.0. The van der Waals surface area contributed by atoms with Crippen LogP contribution in [0.5, 0.6) is 5.75 Å². The molecule has 2 N–H and O–H groups in total. The fraction of sp³-hybridized carbons (Fsp3) is 0.235. The molecule has 0 atom stereocenters. The normalized spacial score (nSPS) is 10.0. The third kappa shape index (κ3) is 7.09. The Labute approximate surface area is 176 Å².